The van der Waals surface area contributed by atoms with Crippen LogP contribution in [0.5, 0.6) is 0 Å². The molecule has 1 heterocycles. The van der Waals surface area contributed by atoms with Gasteiger partial charge in [0.15, 0.2) is 0 Å². The van der Waals surface area contributed by atoms with Gasteiger partial charge >= 0.3 is 5.97 Å². The third kappa shape index (κ3) is 3.25. The lowest BCUT2D eigenvalue weighted by Crippen LogP contribution is -2.41. The Labute approximate surface area is 120 Å². The van der Waals surface area contributed by atoms with Gasteiger partial charge in [0, 0.05) is 17.1 Å². The molecule has 0 saturated carbocycles. The maximum atomic E-state index is 12.3. The van der Waals surface area contributed by atoms with Crippen LogP contribution >= 0.6 is 23.5 Å². The molecule has 1 aromatic carbocycles. The Morgan fingerprint density at radius 3 is 2.68 bits per heavy atom. The topological polar surface area (TPSA) is 57.6 Å². The molecule has 6 heteroatoms. The SMILES string of the molecule is CSCc1ccc(C(=O)N2CSC[C@H]2C(=O)O)cc1. The molecule has 0 bridgehead atoms. The minimum absolute atomic E-state index is 0.201. The monoisotopic (exact) mass is 297 g/mol. The number of hydrogen-bond acceptors (Lipinski definition) is 4. The molecule has 0 unspecified atom stereocenters. The van der Waals surface area contributed by atoms with Gasteiger partial charge in [-0.1, -0.05) is 12.1 Å². The molecule has 1 aromatic rings. The van der Waals surface area contributed by atoms with Crippen molar-refractivity contribution in [3.05, 3.63) is 35.4 Å². The molecule has 0 spiro atoms. The van der Waals surface area contributed by atoms with Crippen molar-refractivity contribution in [2.24, 2.45) is 0 Å². The van der Waals surface area contributed by atoms with Gasteiger partial charge in [0.1, 0.15) is 6.04 Å². The van der Waals surface area contributed by atoms with Crippen LogP contribution in [0.25, 0.3) is 0 Å². The number of thioether (sulfide) groups is 2. The second-order valence-corrected chi connectivity index (χ2v) is 6.12. The molecule has 1 N–H and O–H groups in total. The van der Waals surface area contributed by atoms with Gasteiger partial charge < -0.3 is 10.0 Å². The number of carboxylic acids is 1. The lowest BCUT2D eigenvalue weighted by molar-refractivity contribution is -0.140. The molecule has 1 aliphatic rings. The first-order valence-corrected chi connectivity index (χ1v) is 8.37. The molecule has 102 valence electrons. The Balaban J connectivity index is 2.12. The molecular weight excluding hydrogens is 282 g/mol. The lowest BCUT2D eigenvalue weighted by atomic mass is 10.1. The van der Waals surface area contributed by atoms with Gasteiger partial charge in [0.25, 0.3) is 5.91 Å². The van der Waals surface area contributed by atoms with Gasteiger partial charge in [-0.05, 0) is 24.0 Å². The van der Waals surface area contributed by atoms with Crippen molar-refractivity contribution < 1.29 is 14.7 Å². The van der Waals surface area contributed by atoms with Gasteiger partial charge in [-0.25, -0.2) is 4.79 Å². The fourth-order valence-electron chi connectivity index (χ4n) is 1.92. The highest BCUT2D eigenvalue weighted by Gasteiger charge is 2.34. The molecule has 1 aliphatic heterocycles. The molecule has 0 radical (unpaired) electrons. The first-order valence-electron chi connectivity index (χ1n) is 5.83. The van der Waals surface area contributed by atoms with Crippen molar-refractivity contribution >= 4 is 35.4 Å². The van der Waals surface area contributed by atoms with E-state index in [2.05, 4.69) is 0 Å². The van der Waals surface area contributed by atoms with E-state index in [0.717, 1.165) is 11.3 Å². The van der Waals surface area contributed by atoms with E-state index in [1.807, 2.05) is 18.4 Å². The molecule has 0 aromatic heterocycles. The second kappa shape index (κ2) is 6.34. The Morgan fingerprint density at radius 1 is 1.42 bits per heavy atom. The van der Waals surface area contributed by atoms with E-state index in [0.29, 0.717) is 17.2 Å². The number of nitrogens with zero attached hydrogens (tertiary/aromatic N) is 1. The van der Waals surface area contributed by atoms with Gasteiger partial charge in [0.05, 0.1) is 5.88 Å². The largest absolute Gasteiger partial charge is 0.480 e. The molecule has 1 amide bonds. The standard InChI is InChI=1S/C13H15NO3S2/c1-18-6-9-2-4-10(5-3-9)12(15)14-8-19-7-11(14)13(16)17/h2-5,11H,6-8H2,1H3,(H,16,17)/t11-/m0/s1. The first-order chi connectivity index (χ1) is 9.13. The molecule has 1 fully saturated rings. The molecule has 1 saturated heterocycles. The van der Waals surface area contributed by atoms with Crippen LogP contribution in [0.4, 0.5) is 0 Å². The predicted molar refractivity (Wildman–Crippen MR) is 78.6 cm³/mol. The fourth-order valence-corrected chi connectivity index (χ4v) is 3.59. The number of carbonyl (C=O) groups is 2. The number of carboxylic acid groups (broad SMARTS) is 1. The average molecular weight is 297 g/mol. The molecule has 4 nitrogen and oxygen atoms in total. The highest BCUT2D eigenvalue weighted by atomic mass is 32.2. The van der Waals surface area contributed by atoms with Crippen LogP contribution in [0, 0.1) is 0 Å². The maximum absolute atomic E-state index is 12.3. The quantitative estimate of drug-likeness (QED) is 0.923. The van der Waals surface area contributed by atoms with E-state index >= 15 is 0 Å². The van der Waals surface area contributed by atoms with Crippen LogP contribution in [0.15, 0.2) is 24.3 Å². The highest BCUT2D eigenvalue weighted by Crippen LogP contribution is 2.23. The van der Waals surface area contributed by atoms with Crippen molar-refractivity contribution in [3.8, 4) is 0 Å². The van der Waals surface area contributed by atoms with E-state index in [1.165, 1.54) is 16.7 Å². The number of rotatable bonds is 4. The molecule has 1 atom stereocenters. The summed E-state index contributed by atoms with van der Waals surface area (Å²) in [4.78, 5) is 24.8. The van der Waals surface area contributed by atoms with Gasteiger partial charge in [-0.2, -0.15) is 11.8 Å². The minimum atomic E-state index is -0.933. The second-order valence-electron chi connectivity index (χ2n) is 4.26. The van der Waals surface area contributed by atoms with E-state index in [9.17, 15) is 9.59 Å². The zero-order chi connectivity index (χ0) is 13.8. The number of amides is 1. The summed E-state index contributed by atoms with van der Waals surface area (Å²) < 4.78 is 0. The maximum Gasteiger partial charge on any atom is 0.327 e. The van der Waals surface area contributed by atoms with Crippen LogP contribution in [-0.4, -0.2) is 45.8 Å². The van der Waals surface area contributed by atoms with Gasteiger partial charge in [-0.3, -0.25) is 4.79 Å². The Bertz CT molecular complexity index is 475. The van der Waals surface area contributed by atoms with Crippen molar-refractivity contribution in [2.45, 2.75) is 11.8 Å². The smallest absolute Gasteiger partial charge is 0.327 e. The Morgan fingerprint density at radius 2 is 2.11 bits per heavy atom. The highest BCUT2D eigenvalue weighted by molar-refractivity contribution is 7.99. The van der Waals surface area contributed by atoms with E-state index < -0.39 is 12.0 Å². The zero-order valence-electron chi connectivity index (χ0n) is 10.5. The van der Waals surface area contributed by atoms with Crippen molar-refractivity contribution in [1.82, 2.24) is 4.90 Å². The number of carbonyl (C=O) groups excluding carboxylic acids is 1. The van der Waals surface area contributed by atoms with Crippen LogP contribution in [0.1, 0.15) is 15.9 Å². The first kappa shape index (κ1) is 14.3. The molecule has 2 rings (SSSR count). The van der Waals surface area contributed by atoms with Crippen LogP contribution in [-0.2, 0) is 10.5 Å². The summed E-state index contributed by atoms with van der Waals surface area (Å²) in [6.07, 6.45) is 2.03. The zero-order valence-corrected chi connectivity index (χ0v) is 12.2. The van der Waals surface area contributed by atoms with Crippen molar-refractivity contribution in [3.63, 3.8) is 0 Å². The Kier molecular flexibility index (Phi) is 4.76. The summed E-state index contributed by atoms with van der Waals surface area (Å²) in [7, 11) is 0. The minimum Gasteiger partial charge on any atom is -0.480 e. The van der Waals surface area contributed by atoms with E-state index in [-0.39, 0.29) is 5.91 Å². The summed E-state index contributed by atoms with van der Waals surface area (Å²) in [6.45, 7) is 0. The normalized spacial score (nSPS) is 18.6. The fraction of sp³-hybridized carbons (Fsp3) is 0.385. The third-order valence-electron chi connectivity index (χ3n) is 2.94. The van der Waals surface area contributed by atoms with Crippen molar-refractivity contribution in [1.29, 1.82) is 0 Å². The van der Waals surface area contributed by atoms with Crippen molar-refractivity contribution in [2.75, 3.05) is 17.9 Å². The van der Waals surface area contributed by atoms with Gasteiger partial charge in [0.2, 0.25) is 0 Å². The summed E-state index contributed by atoms with van der Waals surface area (Å²) in [5.74, 6) is 0.685. The lowest BCUT2D eigenvalue weighted by Gasteiger charge is -2.20. The number of aliphatic carboxylic acids is 1. The molecule has 19 heavy (non-hydrogen) atoms. The number of benzene rings is 1. The average Bonchev–Trinajstić information content (AvgIpc) is 2.88. The van der Waals surface area contributed by atoms with Gasteiger partial charge in [-0.15, -0.1) is 11.8 Å². The predicted octanol–water partition coefficient (Wildman–Crippen LogP) is 2.15. The summed E-state index contributed by atoms with van der Waals surface area (Å²) in [5.41, 5.74) is 1.72. The third-order valence-corrected chi connectivity index (χ3v) is 4.57. The summed E-state index contributed by atoms with van der Waals surface area (Å²) >= 11 is 3.20. The van der Waals surface area contributed by atoms with E-state index in [1.54, 1.807) is 23.9 Å². The van der Waals surface area contributed by atoms with Crippen LogP contribution in [0.3, 0.4) is 0 Å². The van der Waals surface area contributed by atoms with E-state index in [4.69, 9.17) is 5.11 Å². The van der Waals surface area contributed by atoms with Crippen LogP contribution < -0.4 is 0 Å². The molecule has 0 aliphatic carbocycles. The number of hydrogen-bond donors (Lipinski definition) is 1. The Hall–Kier alpha value is -1.14. The summed E-state index contributed by atoms with van der Waals surface area (Å²) in [6, 6.07) is 6.68. The van der Waals surface area contributed by atoms with Crippen LogP contribution in [0.2, 0.25) is 0 Å². The molecular formula is C13H15NO3S2. The summed E-state index contributed by atoms with van der Waals surface area (Å²) in [5, 5.41) is 9.08.